The average Bonchev–Trinajstić information content (AvgIpc) is 3.08. The van der Waals surface area contributed by atoms with Crippen LogP contribution in [0.2, 0.25) is 0 Å². The molecule has 1 atom stereocenters. The smallest absolute Gasteiger partial charge is 0.260 e. The molecule has 0 fully saturated rings. The Kier molecular flexibility index (Phi) is 4.16. The molecule has 23 heavy (non-hydrogen) atoms. The molecule has 122 valence electrons. The monoisotopic (exact) mass is 333 g/mol. The Morgan fingerprint density at radius 2 is 2.30 bits per heavy atom. The van der Waals surface area contributed by atoms with Crippen molar-refractivity contribution in [3.05, 3.63) is 33.3 Å². The summed E-state index contributed by atoms with van der Waals surface area (Å²) in [5, 5.41) is 3.59. The van der Waals surface area contributed by atoms with E-state index in [-0.39, 0.29) is 11.8 Å². The predicted octanol–water partition coefficient (Wildman–Crippen LogP) is 1.02. The lowest BCUT2D eigenvalue weighted by Gasteiger charge is -2.21. The van der Waals surface area contributed by atoms with E-state index >= 15 is 0 Å². The lowest BCUT2D eigenvalue weighted by atomic mass is 9.89. The Balaban J connectivity index is 1.69. The minimum absolute atomic E-state index is 0.0434. The van der Waals surface area contributed by atoms with Crippen molar-refractivity contribution in [3.8, 4) is 0 Å². The highest BCUT2D eigenvalue weighted by Gasteiger charge is 2.29. The Labute approximate surface area is 137 Å². The highest BCUT2D eigenvalue weighted by Crippen LogP contribution is 2.30. The maximum Gasteiger partial charge on any atom is 0.260 e. The molecule has 0 spiro atoms. The van der Waals surface area contributed by atoms with E-state index in [9.17, 15) is 9.59 Å². The normalized spacial score (nSPS) is 16.9. The van der Waals surface area contributed by atoms with E-state index in [1.54, 1.807) is 13.3 Å². The number of thiazole rings is 1. The van der Waals surface area contributed by atoms with Crippen molar-refractivity contribution in [2.24, 2.45) is 12.8 Å². The van der Waals surface area contributed by atoms with Crippen molar-refractivity contribution in [1.29, 1.82) is 0 Å². The first-order valence-corrected chi connectivity index (χ1v) is 8.33. The molecule has 2 heterocycles. The van der Waals surface area contributed by atoms with Crippen molar-refractivity contribution in [2.75, 3.05) is 0 Å². The number of hydrogen-bond donors (Lipinski definition) is 2. The third kappa shape index (κ3) is 2.98. The van der Waals surface area contributed by atoms with Crippen molar-refractivity contribution in [2.45, 2.75) is 38.6 Å². The summed E-state index contributed by atoms with van der Waals surface area (Å²) in [7, 11) is 1.95. The quantitative estimate of drug-likeness (QED) is 0.872. The molecule has 1 aliphatic rings. The second-order valence-corrected chi connectivity index (χ2v) is 6.82. The van der Waals surface area contributed by atoms with Gasteiger partial charge in [0, 0.05) is 12.7 Å². The van der Waals surface area contributed by atoms with Gasteiger partial charge in [0.2, 0.25) is 5.91 Å². The van der Waals surface area contributed by atoms with Gasteiger partial charge in [0.1, 0.15) is 9.88 Å². The van der Waals surface area contributed by atoms with Gasteiger partial charge in [-0.2, -0.15) is 0 Å². The summed E-state index contributed by atoms with van der Waals surface area (Å²) in [6.07, 6.45) is 4.51. The molecular formula is C15H19N5O2S. The number of fused-ring (bicyclic) bond motifs is 1. The number of hydrogen-bond acceptors (Lipinski definition) is 5. The number of aryl methyl sites for hydroxylation is 2. The Morgan fingerprint density at radius 1 is 1.52 bits per heavy atom. The molecule has 1 unspecified atom stereocenters. The van der Waals surface area contributed by atoms with Gasteiger partial charge in [0.15, 0.2) is 0 Å². The summed E-state index contributed by atoms with van der Waals surface area (Å²) in [6.45, 7) is 2.04. The summed E-state index contributed by atoms with van der Waals surface area (Å²) < 4.78 is 1.98. The molecule has 7 nitrogen and oxygen atoms in total. The standard InChI is InChI=1S/C15H19N5O2S/c1-8-13(14(16)21)23-11(19-8)6-17-15(22)9-4-3-5-10-12(9)18-7-20(10)2/h7,9H,3-6H2,1-2H3,(H2,16,21)(H,17,22). The van der Waals surface area contributed by atoms with Gasteiger partial charge in [-0.25, -0.2) is 9.97 Å². The number of rotatable bonds is 4. The first kappa shape index (κ1) is 15.7. The molecule has 2 aromatic heterocycles. The summed E-state index contributed by atoms with van der Waals surface area (Å²) in [4.78, 5) is 32.9. The van der Waals surface area contributed by atoms with Crippen molar-refractivity contribution in [1.82, 2.24) is 19.9 Å². The van der Waals surface area contributed by atoms with Gasteiger partial charge in [-0.1, -0.05) is 0 Å². The van der Waals surface area contributed by atoms with Crippen LogP contribution in [-0.4, -0.2) is 26.3 Å². The third-order valence-corrected chi connectivity index (χ3v) is 5.29. The highest BCUT2D eigenvalue weighted by molar-refractivity contribution is 7.13. The number of imidazole rings is 1. The van der Waals surface area contributed by atoms with Crippen molar-refractivity contribution in [3.63, 3.8) is 0 Å². The van der Waals surface area contributed by atoms with Gasteiger partial charge in [0.05, 0.1) is 30.2 Å². The largest absolute Gasteiger partial charge is 0.365 e. The molecule has 0 aromatic carbocycles. The minimum atomic E-state index is -0.483. The number of nitrogens with one attached hydrogen (secondary N) is 1. The number of carbonyl (C=O) groups excluding carboxylic acids is 2. The van der Waals surface area contributed by atoms with Crippen molar-refractivity contribution < 1.29 is 9.59 Å². The molecule has 3 rings (SSSR count). The number of carbonyl (C=O) groups is 2. The Morgan fingerprint density at radius 3 is 3.00 bits per heavy atom. The topological polar surface area (TPSA) is 103 Å². The fourth-order valence-corrected chi connectivity index (χ4v) is 3.83. The Hall–Kier alpha value is -2.22. The van der Waals surface area contributed by atoms with Crippen LogP contribution in [0.1, 0.15) is 50.5 Å². The SMILES string of the molecule is Cc1nc(CNC(=O)C2CCCc3c2ncn3C)sc1C(N)=O. The predicted molar refractivity (Wildman–Crippen MR) is 86.1 cm³/mol. The van der Waals surface area contributed by atoms with Crippen LogP contribution < -0.4 is 11.1 Å². The van der Waals surface area contributed by atoms with Gasteiger partial charge in [-0.3, -0.25) is 9.59 Å². The third-order valence-electron chi connectivity index (χ3n) is 4.12. The van der Waals surface area contributed by atoms with Crippen LogP contribution in [0.5, 0.6) is 0 Å². The zero-order valence-electron chi connectivity index (χ0n) is 13.1. The second kappa shape index (κ2) is 6.11. The molecule has 0 saturated carbocycles. The summed E-state index contributed by atoms with van der Waals surface area (Å²) >= 11 is 1.23. The maximum atomic E-state index is 12.5. The van der Waals surface area contributed by atoms with Gasteiger partial charge in [-0.05, 0) is 26.2 Å². The molecule has 0 bridgehead atoms. The zero-order valence-corrected chi connectivity index (χ0v) is 13.9. The Bertz CT molecular complexity index is 764. The van der Waals surface area contributed by atoms with Crippen molar-refractivity contribution >= 4 is 23.2 Å². The molecule has 0 aliphatic heterocycles. The molecule has 3 N–H and O–H groups in total. The van der Waals surface area contributed by atoms with Crippen LogP contribution in [0.3, 0.4) is 0 Å². The first-order chi connectivity index (χ1) is 11.0. The highest BCUT2D eigenvalue weighted by atomic mass is 32.1. The van der Waals surface area contributed by atoms with Gasteiger partial charge in [0.25, 0.3) is 5.91 Å². The first-order valence-electron chi connectivity index (χ1n) is 7.51. The number of aromatic nitrogens is 3. The van der Waals surface area contributed by atoms with Crippen LogP contribution in [0, 0.1) is 6.92 Å². The van der Waals surface area contributed by atoms with Crippen LogP contribution in [0.15, 0.2) is 6.33 Å². The number of primary amides is 1. The van der Waals surface area contributed by atoms with Gasteiger partial charge in [-0.15, -0.1) is 11.3 Å². The van der Waals surface area contributed by atoms with E-state index in [0.29, 0.717) is 22.1 Å². The minimum Gasteiger partial charge on any atom is -0.365 e. The van der Waals surface area contributed by atoms with Crippen LogP contribution in [-0.2, 0) is 24.8 Å². The molecule has 8 heteroatoms. The van der Waals surface area contributed by atoms with E-state index in [1.807, 2.05) is 11.6 Å². The van der Waals surface area contributed by atoms with Gasteiger partial charge >= 0.3 is 0 Å². The van der Waals surface area contributed by atoms with Crippen LogP contribution in [0.4, 0.5) is 0 Å². The average molecular weight is 333 g/mol. The molecular weight excluding hydrogens is 314 g/mol. The fraction of sp³-hybridized carbons (Fsp3) is 0.467. The van der Waals surface area contributed by atoms with E-state index in [4.69, 9.17) is 5.73 Å². The summed E-state index contributed by atoms with van der Waals surface area (Å²) in [5.74, 6) is -0.738. The number of nitrogens with two attached hydrogens (primary N) is 1. The van der Waals surface area contributed by atoms with E-state index in [1.165, 1.54) is 11.3 Å². The van der Waals surface area contributed by atoms with Crippen LogP contribution >= 0.6 is 11.3 Å². The lowest BCUT2D eigenvalue weighted by Crippen LogP contribution is -2.31. The molecule has 0 radical (unpaired) electrons. The number of nitrogens with zero attached hydrogens (tertiary/aromatic N) is 3. The van der Waals surface area contributed by atoms with Gasteiger partial charge < -0.3 is 15.6 Å². The van der Waals surface area contributed by atoms with E-state index in [0.717, 1.165) is 30.7 Å². The van der Waals surface area contributed by atoms with E-state index < -0.39 is 5.91 Å². The molecule has 2 aromatic rings. The molecule has 1 aliphatic carbocycles. The van der Waals surface area contributed by atoms with E-state index in [2.05, 4.69) is 15.3 Å². The summed E-state index contributed by atoms with van der Waals surface area (Å²) in [5.41, 5.74) is 7.91. The molecule has 2 amide bonds. The molecule has 0 saturated heterocycles. The lowest BCUT2D eigenvalue weighted by molar-refractivity contribution is -0.123. The maximum absolute atomic E-state index is 12.5. The zero-order chi connectivity index (χ0) is 16.6. The number of amides is 2. The van der Waals surface area contributed by atoms with Crippen LogP contribution in [0.25, 0.3) is 0 Å². The fourth-order valence-electron chi connectivity index (χ4n) is 2.98. The second-order valence-electron chi connectivity index (χ2n) is 5.74. The summed E-state index contributed by atoms with van der Waals surface area (Å²) in [6, 6.07) is 0.